The molecular formula is C13H14N2O3. The molecule has 0 bridgehead atoms. The molecule has 3 rings (SSSR count). The van der Waals surface area contributed by atoms with E-state index < -0.39 is 0 Å². The van der Waals surface area contributed by atoms with Crippen LogP contribution in [0.4, 0.5) is 0 Å². The summed E-state index contributed by atoms with van der Waals surface area (Å²) in [4.78, 5) is 4.38. The van der Waals surface area contributed by atoms with Crippen LogP contribution in [-0.2, 0) is 4.74 Å². The van der Waals surface area contributed by atoms with Crippen molar-refractivity contribution in [2.24, 2.45) is 0 Å². The van der Waals surface area contributed by atoms with Crippen LogP contribution in [0.2, 0.25) is 0 Å². The van der Waals surface area contributed by atoms with Gasteiger partial charge in [0.25, 0.3) is 5.89 Å². The van der Waals surface area contributed by atoms with Crippen LogP contribution in [0, 0.1) is 0 Å². The lowest BCUT2D eigenvalue weighted by Gasteiger charge is -2.01. The zero-order valence-electron chi connectivity index (χ0n) is 10.1. The first kappa shape index (κ1) is 11.2. The van der Waals surface area contributed by atoms with E-state index in [-0.39, 0.29) is 6.10 Å². The number of methoxy groups -OCH3 is 1. The van der Waals surface area contributed by atoms with E-state index in [1.807, 2.05) is 24.3 Å². The molecule has 18 heavy (non-hydrogen) atoms. The van der Waals surface area contributed by atoms with Crippen molar-refractivity contribution in [1.29, 1.82) is 0 Å². The molecule has 2 heterocycles. The monoisotopic (exact) mass is 246 g/mol. The van der Waals surface area contributed by atoms with Crippen molar-refractivity contribution in [3.05, 3.63) is 30.2 Å². The number of nitrogens with zero attached hydrogens (tertiary/aromatic N) is 2. The quantitative estimate of drug-likeness (QED) is 0.833. The Balaban J connectivity index is 1.87. The summed E-state index contributed by atoms with van der Waals surface area (Å²) in [5.74, 6) is 1.90. The van der Waals surface area contributed by atoms with Crippen LogP contribution >= 0.6 is 0 Å². The van der Waals surface area contributed by atoms with Crippen LogP contribution in [-0.4, -0.2) is 23.9 Å². The van der Waals surface area contributed by atoms with Gasteiger partial charge in [-0.25, -0.2) is 0 Å². The Kier molecular flexibility index (Phi) is 2.98. The fourth-order valence-corrected chi connectivity index (χ4v) is 2.02. The Hall–Kier alpha value is -1.88. The Morgan fingerprint density at radius 2 is 2.33 bits per heavy atom. The number of rotatable bonds is 3. The highest BCUT2D eigenvalue weighted by atomic mass is 16.5. The maximum atomic E-state index is 5.51. The maximum absolute atomic E-state index is 5.51. The zero-order chi connectivity index (χ0) is 12.4. The van der Waals surface area contributed by atoms with E-state index in [4.69, 9.17) is 14.0 Å². The highest BCUT2D eigenvalue weighted by Gasteiger charge is 2.24. The summed E-state index contributed by atoms with van der Waals surface area (Å²) in [5.41, 5.74) is 0.877. The van der Waals surface area contributed by atoms with E-state index in [2.05, 4.69) is 10.1 Å². The smallest absolute Gasteiger partial charge is 0.256 e. The van der Waals surface area contributed by atoms with Crippen molar-refractivity contribution >= 4 is 0 Å². The van der Waals surface area contributed by atoms with Gasteiger partial charge < -0.3 is 14.0 Å². The second-order valence-electron chi connectivity index (χ2n) is 4.19. The van der Waals surface area contributed by atoms with Gasteiger partial charge in [0.1, 0.15) is 11.9 Å². The lowest BCUT2D eigenvalue weighted by Crippen LogP contribution is -1.95. The number of hydrogen-bond donors (Lipinski definition) is 0. The Morgan fingerprint density at radius 3 is 3.11 bits per heavy atom. The van der Waals surface area contributed by atoms with Crippen molar-refractivity contribution in [3.63, 3.8) is 0 Å². The number of ether oxygens (including phenoxy) is 2. The minimum absolute atomic E-state index is 0.0446. The van der Waals surface area contributed by atoms with E-state index in [0.29, 0.717) is 11.7 Å². The summed E-state index contributed by atoms with van der Waals surface area (Å²) in [7, 11) is 1.63. The van der Waals surface area contributed by atoms with Gasteiger partial charge in [-0.05, 0) is 25.0 Å². The fourth-order valence-electron chi connectivity index (χ4n) is 2.02. The van der Waals surface area contributed by atoms with Gasteiger partial charge in [-0.3, -0.25) is 0 Å². The standard InChI is InChI=1S/C13H14N2O3/c1-16-10-5-2-4-9(8-10)12-14-13(18-15-12)11-6-3-7-17-11/h2,4-5,8,11H,3,6-7H2,1H3/t11-/m0/s1. The number of aromatic nitrogens is 2. The first-order valence-corrected chi connectivity index (χ1v) is 5.96. The summed E-state index contributed by atoms with van der Waals surface area (Å²) < 4.78 is 15.9. The molecule has 1 atom stereocenters. The number of hydrogen-bond acceptors (Lipinski definition) is 5. The normalized spacial score (nSPS) is 19.1. The van der Waals surface area contributed by atoms with Crippen LogP contribution in [0.1, 0.15) is 24.8 Å². The first-order valence-electron chi connectivity index (χ1n) is 5.96. The van der Waals surface area contributed by atoms with Gasteiger partial charge in [0.2, 0.25) is 5.82 Å². The van der Waals surface area contributed by atoms with Crippen molar-refractivity contribution < 1.29 is 14.0 Å². The van der Waals surface area contributed by atoms with E-state index in [0.717, 1.165) is 30.8 Å². The highest BCUT2D eigenvalue weighted by molar-refractivity contribution is 5.56. The molecule has 0 aliphatic carbocycles. The Morgan fingerprint density at radius 1 is 1.39 bits per heavy atom. The number of benzene rings is 1. The molecule has 1 fully saturated rings. The fraction of sp³-hybridized carbons (Fsp3) is 0.385. The Bertz CT molecular complexity index is 533. The molecule has 1 aromatic heterocycles. The lowest BCUT2D eigenvalue weighted by atomic mass is 10.2. The molecular weight excluding hydrogens is 232 g/mol. The minimum atomic E-state index is -0.0446. The summed E-state index contributed by atoms with van der Waals surface area (Å²) in [6.07, 6.45) is 1.94. The minimum Gasteiger partial charge on any atom is -0.497 e. The highest BCUT2D eigenvalue weighted by Crippen LogP contribution is 2.29. The third kappa shape index (κ3) is 2.09. The third-order valence-electron chi connectivity index (χ3n) is 2.97. The molecule has 94 valence electrons. The van der Waals surface area contributed by atoms with Gasteiger partial charge in [-0.1, -0.05) is 17.3 Å². The molecule has 0 unspecified atom stereocenters. The molecule has 1 aliphatic rings. The average molecular weight is 246 g/mol. The van der Waals surface area contributed by atoms with E-state index >= 15 is 0 Å². The lowest BCUT2D eigenvalue weighted by molar-refractivity contribution is 0.0835. The molecule has 0 radical (unpaired) electrons. The second kappa shape index (κ2) is 4.78. The topological polar surface area (TPSA) is 57.4 Å². The van der Waals surface area contributed by atoms with Gasteiger partial charge in [0.05, 0.1) is 7.11 Å². The molecule has 1 saturated heterocycles. The van der Waals surface area contributed by atoms with E-state index in [1.165, 1.54) is 0 Å². The molecule has 1 aliphatic heterocycles. The van der Waals surface area contributed by atoms with Crippen LogP contribution in [0.5, 0.6) is 5.75 Å². The molecule has 0 saturated carbocycles. The van der Waals surface area contributed by atoms with Gasteiger partial charge >= 0.3 is 0 Å². The third-order valence-corrected chi connectivity index (χ3v) is 2.97. The van der Waals surface area contributed by atoms with Gasteiger partial charge in [0, 0.05) is 12.2 Å². The zero-order valence-corrected chi connectivity index (χ0v) is 10.1. The molecule has 0 spiro atoms. The van der Waals surface area contributed by atoms with Gasteiger partial charge in [-0.15, -0.1) is 0 Å². The molecule has 0 N–H and O–H groups in total. The van der Waals surface area contributed by atoms with Crippen LogP contribution in [0.15, 0.2) is 28.8 Å². The van der Waals surface area contributed by atoms with Gasteiger partial charge in [0.15, 0.2) is 0 Å². The van der Waals surface area contributed by atoms with Crippen molar-refractivity contribution in [1.82, 2.24) is 10.1 Å². The first-order chi connectivity index (χ1) is 8.86. The SMILES string of the molecule is COc1cccc(-c2noc([C@@H]3CCCO3)n2)c1. The largest absolute Gasteiger partial charge is 0.497 e. The molecule has 0 amide bonds. The van der Waals surface area contributed by atoms with E-state index in [9.17, 15) is 0 Å². The molecule has 1 aromatic carbocycles. The summed E-state index contributed by atoms with van der Waals surface area (Å²) in [6, 6.07) is 7.58. The molecule has 5 heteroatoms. The van der Waals surface area contributed by atoms with Gasteiger partial charge in [-0.2, -0.15) is 4.98 Å². The van der Waals surface area contributed by atoms with Crippen LogP contribution < -0.4 is 4.74 Å². The summed E-state index contributed by atoms with van der Waals surface area (Å²) >= 11 is 0. The molecule has 2 aromatic rings. The molecule has 5 nitrogen and oxygen atoms in total. The van der Waals surface area contributed by atoms with Crippen molar-refractivity contribution in [2.45, 2.75) is 18.9 Å². The van der Waals surface area contributed by atoms with E-state index in [1.54, 1.807) is 7.11 Å². The summed E-state index contributed by atoms with van der Waals surface area (Å²) in [6.45, 7) is 0.765. The van der Waals surface area contributed by atoms with Crippen molar-refractivity contribution in [3.8, 4) is 17.1 Å². The van der Waals surface area contributed by atoms with Crippen LogP contribution in [0.3, 0.4) is 0 Å². The van der Waals surface area contributed by atoms with Crippen LogP contribution in [0.25, 0.3) is 11.4 Å². The van der Waals surface area contributed by atoms with Crippen molar-refractivity contribution in [2.75, 3.05) is 13.7 Å². The Labute approximate surface area is 105 Å². The predicted octanol–water partition coefficient (Wildman–Crippen LogP) is 2.60. The second-order valence-corrected chi connectivity index (χ2v) is 4.19. The summed E-state index contributed by atoms with van der Waals surface area (Å²) in [5, 5.41) is 3.98. The average Bonchev–Trinajstić information content (AvgIpc) is 3.09. The maximum Gasteiger partial charge on any atom is 0.256 e. The predicted molar refractivity (Wildman–Crippen MR) is 64.2 cm³/mol.